The Balaban J connectivity index is 1.18. The first-order valence-electron chi connectivity index (χ1n) is 24.1. The third kappa shape index (κ3) is 9.09. The molecule has 0 saturated heterocycles. The Morgan fingerprint density at radius 3 is 1.48 bits per heavy atom. The van der Waals surface area contributed by atoms with Crippen molar-refractivity contribution >= 4 is 52.2 Å². The molecule has 0 bridgehead atoms. The van der Waals surface area contributed by atoms with E-state index in [1.807, 2.05) is 85.8 Å². The fourth-order valence-corrected chi connectivity index (χ4v) is 18.0. The highest BCUT2D eigenvalue weighted by Crippen LogP contribution is 2.46. The number of halogens is 2. The number of hydrogen-bond acceptors (Lipinski definition) is 4. The van der Waals surface area contributed by atoms with Crippen molar-refractivity contribution in [2.45, 2.75) is 117 Å². The number of unbranched alkanes of at least 4 members (excludes halogenated alkanes) is 10. The number of hydrogen-bond donors (Lipinski definition) is 0. The maximum Gasteiger partial charge on any atom is 0.170 e. The Morgan fingerprint density at radius 2 is 0.938 bits per heavy atom. The number of nitrogens with zero attached hydrogens (tertiary/aromatic N) is 2. The first-order valence-corrected chi connectivity index (χ1v) is 28.1. The van der Waals surface area contributed by atoms with Gasteiger partial charge in [0.2, 0.25) is 0 Å². The first kappa shape index (κ1) is 45.1. The van der Waals surface area contributed by atoms with E-state index in [1.165, 1.54) is 129 Å². The van der Waals surface area contributed by atoms with Crippen LogP contribution in [0.4, 0.5) is 8.78 Å². The molecule has 0 N–H and O–H groups in total. The van der Waals surface area contributed by atoms with E-state index in [9.17, 15) is 0 Å². The lowest BCUT2D eigenvalue weighted by molar-refractivity contribution is 0.515. The van der Waals surface area contributed by atoms with Crippen molar-refractivity contribution < 1.29 is 8.78 Å². The standard InChI is InChI=1S/C58H60F2N2S2Si/c1-5-7-9-11-13-21-35-65(36-22-14-12-10-8-6-2)49-37-39(3)27-30-44(49)45-31-29-43(38-50(45)65)46-33-34-48(64-46)52-54(60)53(59)51(47-32-28-40(4)63-47)57-58(52)62-56(42-25-19-16-20-26-42)55(61-57)41-23-17-15-18-24-41/h15-20,23-34,37-38H,5-14,21-22,35-36H2,1-4H3. The second-order valence-electron chi connectivity index (χ2n) is 18.2. The molecule has 9 rings (SSSR count). The maximum atomic E-state index is 17.2. The van der Waals surface area contributed by atoms with Crippen molar-refractivity contribution in [3.05, 3.63) is 143 Å². The number of rotatable bonds is 19. The molecule has 5 aromatic carbocycles. The average Bonchev–Trinajstić information content (AvgIpc) is 4.06. The van der Waals surface area contributed by atoms with Crippen LogP contribution in [0.25, 0.3) is 76.0 Å². The van der Waals surface area contributed by atoms with Crippen LogP contribution in [0.3, 0.4) is 0 Å². The molecule has 3 aromatic heterocycles. The minimum absolute atomic E-state index is 0.158. The molecule has 0 spiro atoms. The average molecular weight is 915 g/mol. The van der Waals surface area contributed by atoms with Gasteiger partial charge in [-0.25, -0.2) is 18.7 Å². The predicted octanol–water partition coefficient (Wildman–Crippen LogP) is 17.2. The van der Waals surface area contributed by atoms with Crippen molar-refractivity contribution in [2.24, 2.45) is 0 Å². The van der Waals surface area contributed by atoms with Gasteiger partial charge in [0.15, 0.2) is 11.6 Å². The highest BCUT2D eigenvalue weighted by atomic mass is 32.1. The minimum atomic E-state index is -2.15. The summed E-state index contributed by atoms with van der Waals surface area (Å²) in [6.07, 6.45) is 15.5. The predicted molar refractivity (Wildman–Crippen MR) is 279 cm³/mol. The molecule has 0 radical (unpaired) electrons. The van der Waals surface area contributed by atoms with Crippen molar-refractivity contribution in [1.82, 2.24) is 9.97 Å². The van der Waals surface area contributed by atoms with Gasteiger partial charge >= 0.3 is 0 Å². The summed E-state index contributed by atoms with van der Waals surface area (Å²) in [5.74, 6) is -1.78. The zero-order valence-electron chi connectivity index (χ0n) is 38.4. The molecule has 7 heteroatoms. The van der Waals surface area contributed by atoms with Crippen molar-refractivity contribution in [1.29, 1.82) is 0 Å². The molecule has 0 fully saturated rings. The van der Waals surface area contributed by atoms with Crippen LogP contribution in [-0.4, -0.2) is 18.0 Å². The third-order valence-corrected chi connectivity index (χ3v) is 21.1. The molecule has 4 heterocycles. The maximum absolute atomic E-state index is 17.2. The monoisotopic (exact) mass is 914 g/mol. The smallest absolute Gasteiger partial charge is 0.170 e. The SMILES string of the molecule is CCCCCCCC[Si]1(CCCCCCCC)c2cc(C)ccc2-c2ccc(-c3ccc(-c4c(F)c(F)c(-c5ccc(C)s5)c5nc(-c6ccccc6)c(-c6ccccc6)nc45)s3)cc21. The minimum Gasteiger partial charge on any atom is -0.243 e. The molecule has 1 aliphatic heterocycles. The van der Waals surface area contributed by atoms with E-state index in [-0.39, 0.29) is 11.1 Å². The van der Waals surface area contributed by atoms with Crippen molar-refractivity contribution in [3.63, 3.8) is 0 Å². The number of benzene rings is 5. The summed E-state index contributed by atoms with van der Waals surface area (Å²) in [7, 11) is -2.15. The zero-order valence-corrected chi connectivity index (χ0v) is 41.0. The number of aryl methyl sites for hydroxylation is 2. The fraction of sp³-hybridized carbons (Fsp3) is 0.310. The van der Waals surface area contributed by atoms with Gasteiger partial charge in [-0.05, 0) is 77.3 Å². The first-order chi connectivity index (χ1) is 31.8. The number of aromatic nitrogens is 2. The molecule has 2 nitrogen and oxygen atoms in total. The quantitative estimate of drug-likeness (QED) is 0.0597. The second kappa shape index (κ2) is 20.2. The normalized spacial score (nSPS) is 12.8. The molecule has 1 aliphatic rings. The molecule has 8 aromatic rings. The molecule has 0 unspecified atom stereocenters. The summed E-state index contributed by atoms with van der Waals surface area (Å²) in [6, 6.07) is 44.6. The van der Waals surface area contributed by atoms with Crippen LogP contribution in [0.2, 0.25) is 12.1 Å². The van der Waals surface area contributed by atoms with Gasteiger partial charge in [0.1, 0.15) is 19.1 Å². The lowest BCUT2D eigenvalue weighted by atomic mass is 9.99. The van der Waals surface area contributed by atoms with Gasteiger partial charge in [-0.15, -0.1) is 22.7 Å². The van der Waals surface area contributed by atoms with Crippen LogP contribution in [0, 0.1) is 25.5 Å². The Bertz CT molecular complexity index is 2900. The van der Waals surface area contributed by atoms with E-state index in [2.05, 4.69) is 63.2 Å². The Hall–Kier alpha value is -5.08. The lowest BCUT2D eigenvalue weighted by Crippen LogP contribution is -2.55. The van der Waals surface area contributed by atoms with E-state index in [0.717, 1.165) is 26.4 Å². The van der Waals surface area contributed by atoms with Crippen LogP contribution in [0.5, 0.6) is 0 Å². The van der Waals surface area contributed by atoms with Crippen LogP contribution in [0.15, 0.2) is 121 Å². The number of fused-ring (bicyclic) bond motifs is 4. The highest BCUT2D eigenvalue weighted by Gasteiger charge is 2.44. The van der Waals surface area contributed by atoms with E-state index < -0.39 is 19.7 Å². The largest absolute Gasteiger partial charge is 0.243 e. The van der Waals surface area contributed by atoms with E-state index in [4.69, 9.17) is 9.97 Å². The van der Waals surface area contributed by atoms with Crippen LogP contribution in [0.1, 0.15) is 101 Å². The molecule has 0 aliphatic carbocycles. The highest BCUT2D eigenvalue weighted by molar-refractivity contribution is 7.19. The lowest BCUT2D eigenvalue weighted by Gasteiger charge is -2.31. The van der Waals surface area contributed by atoms with Crippen molar-refractivity contribution in [3.8, 4) is 65.0 Å². The van der Waals surface area contributed by atoms with E-state index in [0.29, 0.717) is 32.2 Å². The van der Waals surface area contributed by atoms with Gasteiger partial charge in [0.05, 0.1) is 22.5 Å². The summed E-state index contributed by atoms with van der Waals surface area (Å²) in [5, 5.41) is 3.20. The van der Waals surface area contributed by atoms with Crippen molar-refractivity contribution in [2.75, 3.05) is 0 Å². The molecular formula is C58H60F2N2S2Si. The summed E-state index contributed by atoms with van der Waals surface area (Å²) < 4.78 is 34.2. The molecule has 332 valence electrons. The van der Waals surface area contributed by atoms with Gasteiger partial charge in [0.25, 0.3) is 0 Å². The fourth-order valence-electron chi connectivity index (χ4n) is 10.3. The van der Waals surface area contributed by atoms with Crippen LogP contribution in [-0.2, 0) is 0 Å². The number of thiophene rings is 2. The molecular weight excluding hydrogens is 855 g/mol. The molecule has 65 heavy (non-hydrogen) atoms. The van der Waals surface area contributed by atoms with E-state index >= 15 is 8.78 Å². The molecule has 0 amide bonds. The Kier molecular flexibility index (Phi) is 14.0. The van der Waals surface area contributed by atoms with Crippen LogP contribution < -0.4 is 10.4 Å². The van der Waals surface area contributed by atoms with Crippen LogP contribution >= 0.6 is 22.7 Å². The Labute approximate surface area is 393 Å². The topological polar surface area (TPSA) is 25.8 Å². The summed E-state index contributed by atoms with van der Waals surface area (Å²) in [6.45, 7) is 8.83. The van der Waals surface area contributed by atoms with E-state index in [1.54, 1.807) is 10.4 Å². The zero-order chi connectivity index (χ0) is 44.9. The molecule has 0 atom stereocenters. The summed E-state index contributed by atoms with van der Waals surface area (Å²) in [5.41, 5.74) is 9.35. The van der Waals surface area contributed by atoms with Gasteiger partial charge in [-0.3, -0.25) is 0 Å². The second-order valence-corrected chi connectivity index (χ2v) is 24.8. The molecule has 0 saturated carbocycles. The summed E-state index contributed by atoms with van der Waals surface area (Å²) >= 11 is 2.96. The van der Waals surface area contributed by atoms with Gasteiger partial charge in [0, 0.05) is 30.6 Å². The van der Waals surface area contributed by atoms with Gasteiger partial charge in [-0.1, -0.05) is 194 Å². The van der Waals surface area contributed by atoms with Gasteiger partial charge in [-0.2, -0.15) is 0 Å². The summed E-state index contributed by atoms with van der Waals surface area (Å²) in [4.78, 5) is 13.9. The Morgan fingerprint density at radius 1 is 0.462 bits per heavy atom. The third-order valence-electron chi connectivity index (χ3n) is 13.6. The van der Waals surface area contributed by atoms with Gasteiger partial charge < -0.3 is 0 Å².